The fraction of sp³-hybridized carbons (Fsp3) is 0.176. The van der Waals surface area contributed by atoms with Gasteiger partial charge in [0.15, 0.2) is 0 Å². The molecule has 1 aliphatic heterocycles. The number of nitrogens with one attached hydrogen (secondary N) is 1. The van der Waals surface area contributed by atoms with Gasteiger partial charge in [-0.05, 0) is 36.8 Å². The van der Waals surface area contributed by atoms with Crippen LogP contribution in [0.2, 0.25) is 0 Å². The maximum absolute atomic E-state index is 13.2. The highest BCUT2D eigenvalue weighted by atomic mass is 19.1. The zero-order valence-corrected chi connectivity index (χ0v) is 12.0. The fourth-order valence-electron chi connectivity index (χ4n) is 2.59. The summed E-state index contributed by atoms with van der Waals surface area (Å²) in [7, 11) is 0. The molecule has 4 nitrogen and oxygen atoms in total. The Morgan fingerprint density at radius 1 is 1.14 bits per heavy atom. The van der Waals surface area contributed by atoms with E-state index in [-0.39, 0.29) is 18.2 Å². The Balaban J connectivity index is 1.84. The van der Waals surface area contributed by atoms with Crippen LogP contribution < -0.4 is 10.2 Å². The number of amides is 2. The van der Waals surface area contributed by atoms with Crippen LogP contribution in [-0.4, -0.2) is 17.9 Å². The molecular formula is C17H15FN2O2. The van der Waals surface area contributed by atoms with Gasteiger partial charge in [-0.2, -0.15) is 0 Å². The first-order chi connectivity index (χ1) is 10.6. The highest BCUT2D eigenvalue weighted by Crippen LogP contribution is 2.27. The van der Waals surface area contributed by atoms with E-state index in [0.29, 0.717) is 11.4 Å². The molecule has 1 heterocycles. The number of carbonyl (C=O) groups is 2. The summed E-state index contributed by atoms with van der Waals surface area (Å²) >= 11 is 0. The SMILES string of the molecule is Cc1ccccc1N1C(=O)C[C@H](Nc2cccc(F)c2)C1=O. The molecule has 0 saturated carbocycles. The van der Waals surface area contributed by atoms with Crippen molar-refractivity contribution < 1.29 is 14.0 Å². The van der Waals surface area contributed by atoms with E-state index in [1.54, 1.807) is 24.3 Å². The molecule has 2 aromatic rings. The van der Waals surface area contributed by atoms with E-state index in [0.717, 1.165) is 5.56 Å². The van der Waals surface area contributed by atoms with Crippen LogP contribution in [0.25, 0.3) is 0 Å². The molecule has 1 saturated heterocycles. The predicted molar refractivity (Wildman–Crippen MR) is 82.1 cm³/mol. The Hall–Kier alpha value is -2.69. The lowest BCUT2D eigenvalue weighted by Gasteiger charge is -2.18. The Morgan fingerprint density at radius 3 is 2.64 bits per heavy atom. The number of nitrogens with zero attached hydrogens (tertiary/aromatic N) is 1. The van der Waals surface area contributed by atoms with Gasteiger partial charge in [0.1, 0.15) is 11.9 Å². The van der Waals surface area contributed by atoms with Crippen molar-refractivity contribution in [1.82, 2.24) is 0 Å². The molecule has 1 atom stereocenters. The van der Waals surface area contributed by atoms with Crippen LogP contribution in [-0.2, 0) is 9.59 Å². The molecule has 0 radical (unpaired) electrons. The van der Waals surface area contributed by atoms with Gasteiger partial charge >= 0.3 is 0 Å². The van der Waals surface area contributed by atoms with Crippen molar-refractivity contribution in [2.75, 3.05) is 10.2 Å². The van der Waals surface area contributed by atoms with Gasteiger partial charge in [0.2, 0.25) is 5.91 Å². The zero-order chi connectivity index (χ0) is 15.7. The molecule has 1 fully saturated rings. The molecular weight excluding hydrogens is 283 g/mol. The van der Waals surface area contributed by atoms with Gasteiger partial charge in [-0.1, -0.05) is 24.3 Å². The van der Waals surface area contributed by atoms with Crippen LogP contribution >= 0.6 is 0 Å². The van der Waals surface area contributed by atoms with E-state index >= 15 is 0 Å². The Kier molecular flexibility index (Phi) is 3.63. The van der Waals surface area contributed by atoms with Gasteiger partial charge in [-0.3, -0.25) is 9.59 Å². The summed E-state index contributed by atoms with van der Waals surface area (Å²) in [6, 6.07) is 12.4. The van der Waals surface area contributed by atoms with Crippen molar-refractivity contribution in [2.45, 2.75) is 19.4 Å². The molecule has 0 unspecified atom stereocenters. The molecule has 112 valence electrons. The number of anilines is 2. The molecule has 0 aromatic heterocycles. The summed E-state index contributed by atoms with van der Waals surface area (Å²) in [5.74, 6) is -0.964. The van der Waals surface area contributed by atoms with Crippen LogP contribution in [0.1, 0.15) is 12.0 Å². The van der Waals surface area contributed by atoms with Crippen molar-refractivity contribution in [3.8, 4) is 0 Å². The standard InChI is InChI=1S/C17H15FN2O2/c1-11-5-2-3-8-15(11)20-16(21)10-14(17(20)22)19-13-7-4-6-12(18)9-13/h2-9,14,19H,10H2,1H3/t14-/m0/s1. The molecule has 3 rings (SSSR count). The Bertz CT molecular complexity index is 745. The third-order valence-electron chi connectivity index (χ3n) is 3.67. The summed E-state index contributed by atoms with van der Waals surface area (Å²) in [5.41, 5.74) is 1.94. The van der Waals surface area contributed by atoms with Crippen molar-refractivity contribution in [1.29, 1.82) is 0 Å². The maximum atomic E-state index is 13.2. The summed E-state index contributed by atoms with van der Waals surface area (Å²) in [5, 5.41) is 2.93. The van der Waals surface area contributed by atoms with E-state index in [9.17, 15) is 14.0 Å². The number of aryl methyl sites for hydroxylation is 1. The number of hydrogen-bond acceptors (Lipinski definition) is 3. The lowest BCUT2D eigenvalue weighted by molar-refractivity contribution is -0.121. The van der Waals surface area contributed by atoms with Crippen LogP contribution in [0.15, 0.2) is 48.5 Å². The van der Waals surface area contributed by atoms with Gasteiger partial charge < -0.3 is 5.32 Å². The summed E-state index contributed by atoms with van der Waals surface area (Å²) in [6.45, 7) is 1.85. The lowest BCUT2D eigenvalue weighted by Crippen LogP contribution is -2.35. The maximum Gasteiger partial charge on any atom is 0.256 e. The number of imide groups is 1. The largest absolute Gasteiger partial charge is 0.373 e. The smallest absolute Gasteiger partial charge is 0.256 e. The van der Waals surface area contributed by atoms with E-state index in [4.69, 9.17) is 0 Å². The molecule has 1 aliphatic rings. The van der Waals surface area contributed by atoms with Gasteiger partial charge in [-0.25, -0.2) is 9.29 Å². The third kappa shape index (κ3) is 2.57. The van der Waals surface area contributed by atoms with Crippen LogP contribution in [0.5, 0.6) is 0 Å². The summed E-state index contributed by atoms with van der Waals surface area (Å²) < 4.78 is 13.2. The highest BCUT2D eigenvalue weighted by Gasteiger charge is 2.40. The number of rotatable bonds is 3. The second-order valence-corrected chi connectivity index (χ2v) is 5.27. The van der Waals surface area contributed by atoms with Crippen molar-refractivity contribution in [3.05, 3.63) is 59.9 Å². The average Bonchev–Trinajstić information content (AvgIpc) is 2.74. The minimum Gasteiger partial charge on any atom is -0.373 e. The third-order valence-corrected chi connectivity index (χ3v) is 3.67. The van der Waals surface area contributed by atoms with Crippen molar-refractivity contribution >= 4 is 23.2 Å². The molecule has 1 N–H and O–H groups in total. The predicted octanol–water partition coefficient (Wildman–Crippen LogP) is 2.88. The first kappa shape index (κ1) is 14.3. The van der Waals surface area contributed by atoms with E-state index in [1.807, 2.05) is 19.1 Å². The van der Waals surface area contributed by atoms with Gasteiger partial charge in [-0.15, -0.1) is 0 Å². The number of benzene rings is 2. The number of hydrogen-bond donors (Lipinski definition) is 1. The molecule has 0 aliphatic carbocycles. The van der Waals surface area contributed by atoms with Crippen molar-refractivity contribution in [3.63, 3.8) is 0 Å². The first-order valence-electron chi connectivity index (χ1n) is 7.01. The van der Waals surface area contributed by atoms with Crippen LogP contribution in [0, 0.1) is 12.7 Å². The first-order valence-corrected chi connectivity index (χ1v) is 7.01. The molecule has 2 amide bonds. The zero-order valence-electron chi connectivity index (χ0n) is 12.0. The Labute approximate surface area is 127 Å². The van der Waals surface area contributed by atoms with E-state index in [2.05, 4.69) is 5.32 Å². The number of halogens is 1. The lowest BCUT2D eigenvalue weighted by atomic mass is 10.2. The fourth-order valence-corrected chi connectivity index (χ4v) is 2.59. The van der Waals surface area contributed by atoms with Crippen LogP contribution in [0.3, 0.4) is 0 Å². The number of carbonyl (C=O) groups excluding carboxylic acids is 2. The second-order valence-electron chi connectivity index (χ2n) is 5.27. The molecule has 0 bridgehead atoms. The second kappa shape index (κ2) is 5.60. The topological polar surface area (TPSA) is 49.4 Å². The Morgan fingerprint density at radius 2 is 1.91 bits per heavy atom. The summed E-state index contributed by atoms with van der Waals surface area (Å²) in [4.78, 5) is 25.9. The number of para-hydroxylation sites is 1. The molecule has 0 spiro atoms. The van der Waals surface area contributed by atoms with Gasteiger partial charge in [0.25, 0.3) is 5.91 Å². The molecule has 22 heavy (non-hydrogen) atoms. The monoisotopic (exact) mass is 298 g/mol. The van der Waals surface area contributed by atoms with Gasteiger partial charge in [0.05, 0.1) is 12.1 Å². The minimum atomic E-state index is -0.672. The van der Waals surface area contributed by atoms with Crippen LogP contribution in [0.4, 0.5) is 15.8 Å². The van der Waals surface area contributed by atoms with Gasteiger partial charge in [0, 0.05) is 5.69 Å². The quantitative estimate of drug-likeness (QED) is 0.886. The average molecular weight is 298 g/mol. The van der Waals surface area contributed by atoms with Crippen molar-refractivity contribution in [2.24, 2.45) is 0 Å². The van der Waals surface area contributed by atoms with E-state index < -0.39 is 11.9 Å². The normalized spacial score (nSPS) is 17.9. The minimum absolute atomic E-state index is 0.0592. The molecule has 5 heteroatoms. The highest BCUT2D eigenvalue weighted by molar-refractivity contribution is 6.23. The van der Waals surface area contributed by atoms with E-state index in [1.165, 1.54) is 17.0 Å². The molecule has 2 aromatic carbocycles. The summed E-state index contributed by atoms with van der Waals surface area (Å²) in [6.07, 6.45) is 0.0592.